The minimum Gasteiger partial charge on any atom is -0.509 e. The summed E-state index contributed by atoms with van der Waals surface area (Å²) in [5.74, 6) is -1.12. The van der Waals surface area contributed by atoms with Crippen LogP contribution in [0.2, 0.25) is 0 Å². The van der Waals surface area contributed by atoms with Crippen LogP contribution in [0.15, 0.2) is 75.1 Å². The molecule has 0 saturated heterocycles. The monoisotopic (exact) mass is 401 g/mol. The van der Waals surface area contributed by atoms with Crippen molar-refractivity contribution in [2.45, 2.75) is 18.7 Å². The molecule has 2 aromatic rings. The Morgan fingerprint density at radius 3 is 2.54 bits per heavy atom. The zero-order valence-electron chi connectivity index (χ0n) is 15.4. The number of benzene rings is 2. The molecule has 0 heterocycles. The van der Waals surface area contributed by atoms with E-state index in [-0.39, 0.29) is 35.2 Å². The average Bonchev–Trinajstić information content (AvgIpc) is 2.68. The number of nitro groups is 1. The zero-order valence-corrected chi connectivity index (χ0v) is 16.2. The van der Waals surface area contributed by atoms with Crippen LogP contribution >= 0.6 is 11.8 Å². The van der Waals surface area contributed by atoms with E-state index in [0.717, 1.165) is 10.5 Å². The lowest BCUT2D eigenvalue weighted by atomic mass is 10.2. The molecule has 146 valence electrons. The number of thioether (sulfide) groups is 1. The summed E-state index contributed by atoms with van der Waals surface area (Å²) in [6.07, 6.45) is 0. The van der Waals surface area contributed by atoms with Gasteiger partial charge in [-0.25, -0.2) is 4.79 Å². The molecule has 8 nitrogen and oxygen atoms in total. The zero-order chi connectivity index (χ0) is 20.5. The SMILES string of the molecule is CCOC(=O)/C(N=Nc1ccccc1[N+](=O)[O-])=C(/O)CSc1ccc(C)cc1. The van der Waals surface area contributed by atoms with Gasteiger partial charge in [-0.3, -0.25) is 10.1 Å². The van der Waals surface area contributed by atoms with Crippen molar-refractivity contribution < 1.29 is 19.6 Å². The molecular formula is C19H19N3O5S. The highest BCUT2D eigenvalue weighted by molar-refractivity contribution is 7.99. The summed E-state index contributed by atoms with van der Waals surface area (Å²) in [7, 11) is 0. The Balaban J connectivity index is 2.27. The Bertz CT molecular complexity index is 910. The second-order valence-corrected chi connectivity index (χ2v) is 6.61. The second-order valence-electron chi connectivity index (χ2n) is 5.56. The Morgan fingerprint density at radius 1 is 1.21 bits per heavy atom. The minimum atomic E-state index is -0.855. The summed E-state index contributed by atoms with van der Waals surface area (Å²) in [4.78, 5) is 23.5. The number of azo groups is 1. The average molecular weight is 401 g/mol. The van der Waals surface area contributed by atoms with E-state index in [2.05, 4.69) is 10.2 Å². The van der Waals surface area contributed by atoms with Crippen LogP contribution in [-0.4, -0.2) is 28.4 Å². The molecule has 0 radical (unpaired) electrons. The molecule has 0 aliphatic carbocycles. The van der Waals surface area contributed by atoms with Crippen LogP contribution in [0.3, 0.4) is 0 Å². The number of carbonyl (C=O) groups is 1. The molecule has 0 spiro atoms. The molecule has 9 heteroatoms. The number of esters is 1. The molecule has 1 N–H and O–H groups in total. The number of aliphatic hydroxyl groups excluding tert-OH is 1. The number of aliphatic hydroxyl groups is 1. The van der Waals surface area contributed by atoms with Crippen LogP contribution in [0.1, 0.15) is 12.5 Å². The lowest BCUT2D eigenvalue weighted by Crippen LogP contribution is -2.09. The van der Waals surface area contributed by atoms with Crippen molar-refractivity contribution in [3.8, 4) is 0 Å². The molecule has 0 amide bonds. The molecular weight excluding hydrogens is 382 g/mol. The van der Waals surface area contributed by atoms with Gasteiger partial charge in [0.1, 0.15) is 5.76 Å². The van der Waals surface area contributed by atoms with Crippen molar-refractivity contribution in [1.29, 1.82) is 0 Å². The number of ether oxygens (including phenoxy) is 1. The van der Waals surface area contributed by atoms with Crippen molar-refractivity contribution in [2.24, 2.45) is 10.2 Å². The molecule has 0 bridgehead atoms. The van der Waals surface area contributed by atoms with Gasteiger partial charge in [-0.05, 0) is 32.0 Å². The van der Waals surface area contributed by atoms with Crippen LogP contribution in [0.5, 0.6) is 0 Å². The minimum absolute atomic E-state index is 0.0340. The molecule has 0 aromatic heterocycles. The predicted molar refractivity (Wildman–Crippen MR) is 106 cm³/mol. The van der Waals surface area contributed by atoms with Gasteiger partial charge < -0.3 is 9.84 Å². The molecule has 2 aromatic carbocycles. The van der Waals surface area contributed by atoms with Gasteiger partial charge in [-0.2, -0.15) is 0 Å². The maximum Gasteiger partial charge on any atom is 0.362 e. The van der Waals surface area contributed by atoms with E-state index in [1.165, 1.54) is 30.0 Å². The van der Waals surface area contributed by atoms with Gasteiger partial charge in [0.05, 0.1) is 17.3 Å². The highest BCUT2D eigenvalue weighted by atomic mass is 32.2. The van der Waals surface area contributed by atoms with Crippen LogP contribution in [-0.2, 0) is 9.53 Å². The number of nitrogens with zero attached hydrogens (tertiary/aromatic N) is 3. The summed E-state index contributed by atoms with van der Waals surface area (Å²) >= 11 is 1.31. The number of rotatable bonds is 8. The van der Waals surface area contributed by atoms with Gasteiger partial charge in [-0.1, -0.05) is 29.8 Å². The van der Waals surface area contributed by atoms with Gasteiger partial charge in [0, 0.05) is 11.0 Å². The summed E-state index contributed by atoms with van der Waals surface area (Å²) in [5, 5.41) is 28.9. The number of para-hydroxylation sites is 1. The van der Waals surface area contributed by atoms with Crippen LogP contribution in [0, 0.1) is 17.0 Å². The molecule has 0 unspecified atom stereocenters. The topological polar surface area (TPSA) is 114 Å². The van der Waals surface area contributed by atoms with Crippen molar-refractivity contribution in [1.82, 2.24) is 0 Å². The van der Waals surface area contributed by atoms with Gasteiger partial charge >= 0.3 is 5.97 Å². The number of carbonyl (C=O) groups excluding carboxylic acids is 1. The lowest BCUT2D eigenvalue weighted by Gasteiger charge is -2.06. The summed E-state index contributed by atoms with van der Waals surface area (Å²) in [5.41, 5.74) is 0.422. The Morgan fingerprint density at radius 2 is 1.89 bits per heavy atom. The van der Waals surface area contributed by atoms with E-state index in [1.54, 1.807) is 13.0 Å². The van der Waals surface area contributed by atoms with Gasteiger partial charge in [0.15, 0.2) is 5.69 Å². The molecule has 0 aliphatic heterocycles. The Labute approximate surface area is 166 Å². The number of nitro benzene ring substituents is 1. The third-order valence-electron chi connectivity index (χ3n) is 3.47. The predicted octanol–water partition coefficient (Wildman–Crippen LogP) is 5.11. The third-order valence-corrected chi connectivity index (χ3v) is 4.50. The first kappa shape index (κ1) is 21.1. The van der Waals surface area contributed by atoms with Crippen molar-refractivity contribution in [3.05, 3.63) is 75.7 Å². The fourth-order valence-electron chi connectivity index (χ4n) is 2.08. The molecule has 0 atom stereocenters. The lowest BCUT2D eigenvalue weighted by molar-refractivity contribution is -0.384. The van der Waals surface area contributed by atoms with E-state index in [1.807, 2.05) is 31.2 Å². The second kappa shape index (κ2) is 10.2. The van der Waals surface area contributed by atoms with E-state index in [9.17, 15) is 20.0 Å². The van der Waals surface area contributed by atoms with E-state index < -0.39 is 10.9 Å². The molecule has 0 aliphatic rings. The molecule has 28 heavy (non-hydrogen) atoms. The van der Waals surface area contributed by atoms with Gasteiger partial charge in [-0.15, -0.1) is 22.0 Å². The van der Waals surface area contributed by atoms with E-state index in [0.29, 0.717) is 0 Å². The summed E-state index contributed by atoms with van der Waals surface area (Å²) < 4.78 is 4.91. The van der Waals surface area contributed by atoms with Crippen molar-refractivity contribution >= 4 is 29.1 Å². The maximum atomic E-state index is 12.1. The highest BCUT2D eigenvalue weighted by Crippen LogP contribution is 2.28. The maximum absolute atomic E-state index is 12.1. The third kappa shape index (κ3) is 5.92. The first-order chi connectivity index (χ1) is 13.4. The smallest absolute Gasteiger partial charge is 0.362 e. The number of aryl methyl sites for hydroxylation is 1. The summed E-state index contributed by atoms with van der Waals surface area (Å²) in [6.45, 7) is 3.67. The fourth-order valence-corrected chi connectivity index (χ4v) is 2.85. The Kier molecular flexibility index (Phi) is 7.70. The van der Waals surface area contributed by atoms with Crippen molar-refractivity contribution in [2.75, 3.05) is 12.4 Å². The van der Waals surface area contributed by atoms with Crippen molar-refractivity contribution in [3.63, 3.8) is 0 Å². The number of hydrogen-bond acceptors (Lipinski definition) is 8. The molecule has 0 fully saturated rings. The fraction of sp³-hybridized carbons (Fsp3) is 0.211. The van der Waals surface area contributed by atoms with E-state index >= 15 is 0 Å². The van der Waals surface area contributed by atoms with Gasteiger partial charge in [0.2, 0.25) is 5.70 Å². The first-order valence-electron chi connectivity index (χ1n) is 8.36. The number of hydrogen-bond donors (Lipinski definition) is 1. The summed E-state index contributed by atoms with van der Waals surface area (Å²) in [6, 6.07) is 13.4. The largest absolute Gasteiger partial charge is 0.509 e. The van der Waals surface area contributed by atoms with Crippen LogP contribution in [0.4, 0.5) is 11.4 Å². The Hall–Kier alpha value is -3.20. The normalized spacial score (nSPS) is 11.9. The quantitative estimate of drug-likeness (QED) is 0.125. The molecule has 2 rings (SSSR count). The molecule has 0 saturated carbocycles. The standard InChI is InChI=1S/C19H19N3O5S/c1-3-27-19(24)18(17(23)12-28-14-10-8-13(2)9-11-14)21-20-15-6-4-5-7-16(15)22(25)26/h4-11,23H,3,12H2,1-2H3/b18-17-,21-20?. The first-order valence-corrected chi connectivity index (χ1v) is 9.34. The highest BCUT2D eigenvalue weighted by Gasteiger charge is 2.18. The van der Waals surface area contributed by atoms with Crippen LogP contribution in [0.25, 0.3) is 0 Å². The van der Waals surface area contributed by atoms with Gasteiger partial charge in [0.25, 0.3) is 5.69 Å². The van der Waals surface area contributed by atoms with E-state index in [4.69, 9.17) is 4.74 Å². The van der Waals surface area contributed by atoms with Crippen LogP contribution < -0.4 is 0 Å².